The number of piperidine rings is 1. The molecule has 2 N–H and O–H groups in total. The first-order valence-electron chi connectivity index (χ1n) is 11.1. The third-order valence-corrected chi connectivity index (χ3v) is 5.71. The fourth-order valence-corrected chi connectivity index (χ4v) is 4.01. The van der Waals surface area contributed by atoms with Crippen LogP contribution in [0.2, 0.25) is 0 Å². The summed E-state index contributed by atoms with van der Waals surface area (Å²) in [4.78, 5) is 28.7. The maximum atomic E-state index is 12.7. The van der Waals surface area contributed by atoms with Gasteiger partial charge in [0.1, 0.15) is 5.70 Å². The molecule has 0 radical (unpaired) electrons. The first-order chi connectivity index (χ1) is 15.6. The number of nitrogens with one attached hydrogen (secondary N) is 1. The van der Waals surface area contributed by atoms with Gasteiger partial charge in [-0.2, -0.15) is 0 Å². The topological polar surface area (TPSA) is 101 Å². The number of carbonyl (C=O) groups excluding carboxylic acids is 2. The smallest absolute Gasteiger partial charge is 0.337 e. The number of ether oxygens (including phenoxy) is 3. The summed E-state index contributed by atoms with van der Waals surface area (Å²) in [6, 6.07) is 5.28. The first kappa shape index (κ1) is 23.9. The maximum absolute atomic E-state index is 12.7. The number of aliphatic hydroxyl groups is 1. The van der Waals surface area contributed by atoms with Crippen LogP contribution in [0.5, 0.6) is 11.5 Å². The van der Waals surface area contributed by atoms with E-state index < -0.39 is 5.97 Å². The lowest BCUT2D eigenvalue weighted by Gasteiger charge is -2.26. The highest BCUT2D eigenvalue weighted by atomic mass is 16.5. The zero-order valence-electron chi connectivity index (χ0n) is 18.9. The molecule has 1 amide bonds. The lowest BCUT2D eigenvalue weighted by Crippen LogP contribution is -2.31. The number of aliphatic hydroxyl groups excluding tert-OH is 1. The van der Waals surface area contributed by atoms with E-state index in [4.69, 9.17) is 14.2 Å². The summed E-state index contributed by atoms with van der Waals surface area (Å²) < 4.78 is 16.2. The van der Waals surface area contributed by atoms with E-state index in [0.29, 0.717) is 23.8 Å². The van der Waals surface area contributed by atoms with Crippen LogP contribution in [0.3, 0.4) is 0 Å². The molecular formula is C23H33N3O6. The number of benzene rings is 1. The molecule has 3 rings (SSSR count). The number of likely N-dealkylation sites (tertiary alicyclic amines) is 1. The largest absolute Gasteiger partial charge is 0.493 e. The van der Waals surface area contributed by atoms with E-state index >= 15 is 0 Å². The Balaban J connectivity index is 1.63. The van der Waals surface area contributed by atoms with Gasteiger partial charge in [-0.1, -0.05) is 6.42 Å². The van der Waals surface area contributed by atoms with Crippen LogP contribution in [0.1, 0.15) is 25.7 Å². The number of anilines is 1. The summed E-state index contributed by atoms with van der Waals surface area (Å²) in [6.45, 7) is 3.99. The van der Waals surface area contributed by atoms with Gasteiger partial charge in [0.05, 0.1) is 39.6 Å². The lowest BCUT2D eigenvalue weighted by molar-refractivity contribution is -0.136. The molecule has 2 aliphatic heterocycles. The SMILES string of the molecule is COC(=O)C1=C(Nc2ccc(OCCCN3CCCCC3)c(OC)c2)C(=O)N(CCO)C1. The van der Waals surface area contributed by atoms with E-state index in [2.05, 4.69) is 10.2 Å². The predicted octanol–water partition coefficient (Wildman–Crippen LogP) is 1.62. The van der Waals surface area contributed by atoms with Gasteiger partial charge >= 0.3 is 5.97 Å². The molecule has 32 heavy (non-hydrogen) atoms. The molecule has 0 saturated carbocycles. The van der Waals surface area contributed by atoms with E-state index in [0.717, 1.165) is 13.0 Å². The standard InChI is InChI=1S/C23H33N3O6/c1-30-20-15-17(7-8-19(20)32-14-6-11-25-9-4-3-5-10-25)24-21-18(23(29)31-2)16-26(12-13-27)22(21)28/h7-8,15,24,27H,3-6,9-14,16H2,1-2H3. The molecule has 1 aromatic carbocycles. The third-order valence-electron chi connectivity index (χ3n) is 5.71. The molecule has 0 bridgehead atoms. The third kappa shape index (κ3) is 5.92. The number of nitrogens with zero attached hydrogens (tertiary/aromatic N) is 2. The molecule has 0 aromatic heterocycles. The molecule has 176 valence electrons. The molecule has 1 aromatic rings. The zero-order chi connectivity index (χ0) is 22.9. The van der Waals surface area contributed by atoms with Gasteiger partial charge in [-0.25, -0.2) is 4.79 Å². The second-order valence-electron chi connectivity index (χ2n) is 7.89. The highest BCUT2D eigenvalue weighted by Crippen LogP contribution is 2.32. The van der Waals surface area contributed by atoms with Gasteiger partial charge in [-0.15, -0.1) is 0 Å². The number of carbonyl (C=O) groups is 2. The van der Waals surface area contributed by atoms with Crippen LogP contribution in [0.4, 0.5) is 5.69 Å². The Bertz CT molecular complexity index is 835. The van der Waals surface area contributed by atoms with Crippen LogP contribution in [0.25, 0.3) is 0 Å². The van der Waals surface area contributed by atoms with Crippen LogP contribution >= 0.6 is 0 Å². The van der Waals surface area contributed by atoms with Gasteiger partial charge in [-0.3, -0.25) is 4.79 Å². The minimum Gasteiger partial charge on any atom is -0.493 e. The second kappa shape index (κ2) is 11.7. The van der Waals surface area contributed by atoms with Crippen molar-refractivity contribution in [3.63, 3.8) is 0 Å². The van der Waals surface area contributed by atoms with Gasteiger partial charge in [0.15, 0.2) is 11.5 Å². The summed E-state index contributed by atoms with van der Waals surface area (Å²) in [6.07, 6.45) is 4.82. The Hall–Kier alpha value is -2.78. The number of esters is 1. The van der Waals surface area contributed by atoms with Crippen molar-refractivity contribution in [2.45, 2.75) is 25.7 Å². The number of hydrogen-bond acceptors (Lipinski definition) is 8. The van der Waals surface area contributed by atoms with Crippen molar-refractivity contribution in [1.29, 1.82) is 0 Å². The Morgan fingerprint density at radius 3 is 2.59 bits per heavy atom. The van der Waals surface area contributed by atoms with Crippen molar-refractivity contribution >= 4 is 17.6 Å². The van der Waals surface area contributed by atoms with Crippen LogP contribution in [-0.2, 0) is 14.3 Å². The molecule has 9 heteroatoms. The van der Waals surface area contributed by atoms with E-state index in [-0.39, 0.29) is 36.9 Å². The van der Waals surface area contributed by atoms with Crippen LogP contribution in [0, 0.1) is 0 Å². The van der Waals surface area contributed by atoms with Crippen molar-refractivity contribution in [1.82, 2.24) is 9.80 Å². The van der Waals surface area contributed by atoms with Crippen LogP contribution in [0.15, 0.2) is 29.5 Å². The number of hydrogen-bond donors (Lipinski definition) is 2. The number of methoxy groups -OCH3 is 2. The van der Waals surface area contributed by atoms with Crippen molar-refractivity contribution < 1.29 is 28.9 Å². The van der Waals surface area contributed by atoms with Gasteiger partial charge in [0.2, 0.25) is 0 Å². The van der Waals surface area contributed by atoms with Crippen molar-refractivity contribution in [2.75, 3.05) is 65.5 Å². The van der Waals surface area contributed by atoms with E-state index in [9.17, 15) is 14.7 Å². The highest BCUT2D eigenvalue weighted by Gasteiger charge is 2.34. The molecule has 9 nitrogen and oxygen atoms in total. The summed E-state index contributed by atoms with van der Waals surface area (Å²) in [5, 5.41) is 12.2. The van der Waals surface area contributed by atoms with Crippen LogP contribution in [-0.4, -0.2) is 86.9 Å². The predicted molar refractivity (Wildman–Crippen MR) is 120 cm³/mol. The minimum atomic E-state index is -0.582. The zero-order valence-corrected chi connectivity index (χ0v) is 18.9. The molecule has 2 aliphatic rings. The normalized spacial score (nSPS) is 17.0. The van der Waals surface area contributed by atoms with Gasteiger partial charge in [-0.05, 0) is 44.5 Å². The molecule has 1 fully saturated rings. The molecule has 0 atom stereocenters. The molecule has 0 spiro atoms. The summed E-state index contributed by atoms with van der Waals surface area (Å²) in [7, 11) is 2.83. The van der Waals surface area contributed by atoms with Crippen molar-refractivity contribution in [2.24, 2.45) is 0 Å². The van der Waals surface area contributed by atoms with Crippen molar-refractivity contribution in [3.05, 3.63) is 29.5 Å². The first-order valence-corrected chi connectivity index (χ1v) is 11.1. The minimum absolute atomic E-state index is 0.0871. The average molecular weight is 448 g/mol. The fraction of sp³-hybridized carbons (Fsp3) is 0.565. The maximum Gasteiger partial charge on any atom is 0.337 e. The Labute approximate surface area is 188 Å². The van der Waals surface area contributed by atoms with E-state index in [1.165, 1.54) is 44.4 Å². The number of β-amino-alcohol motifs (C(OH)–C–C–N with tert-alkyl or cyclic N) is 1. The van der Waals surface area contributed by atoms with Gasteiger partial charge in [0, 0.05) is 24.8 Å². The number of rotatable bonds is 11. The Morgan fingerprint density at radius 2 is 1.91 bits per heavy atom. The lowest BCUT2D eigenvalue weighted by atomic mass is 10.1. The molecule has 0 unspecified atom stereocenters. The number of amides is 1. The average Bonchev–Trinajstić information content (AvgIpc) is 3.12. The highest BCUT2D eigenvalue weighted by molar-refractivity contribution is 6.08. The monoisotopic (exact) mass is 447 g/mol. The molecule has 2 heterocycles. The summed E-state index contributed by atoms with van der Waals surface area (Å²) in [5.74, 6) is 0.211. The van der Waals surface area contributed by atoms with Gasteiger partial charge < -0.3 is 34.4 Å². The van der Waals surface area contributed by atoms with Crippen LogP contribution < -0.4 is 14.8 Å². The van der Waals surface area contributed by atoms with E-state index in [1.54, 1.807) is 25.3 Å². The van der Waals surface area contributed by atoms with Gasteiger partial charge in [0.25, 0.3) is 5.91 Å². The summed E-state index contributed by atoms with van der Waals surface area (Å²) >= 11 is 0. The Kier molecular flexibility index (Phi) is 8.75. The Morgan fingerprint density at radius 1 is 1.12 bits per heavy atom. The quantitative estimate of drug-likeness (QED) is 0.390. The van der Waals surface area contributed by atoms with E-state index in [1.807, 2.05) is 0 Å². The molecular weight excluding hydrogens is 414 g/mol. The molecule has 1 saturated heterocycles. The molecule has 0 aliphatic carbocycles. The fourth-order valence-electron chi connectivity index (χ4n) is 4.01. The second-order valence-corrected chi connectivity index (χ2v) is 7.89. The summed E-state index contributed by atoms with van der Waals surface area (Å²) in [5.41, 5.74) is 0.948. The van der Waals surface area contributed by atoms with Crippen molar-refractivity contribution in [3.8, 4) is 11.5 Å².